The van der Waals surface area contributed by atoms with Gasteiger partial charge in [-0.2, -0.15) is 10.1 Å². The molecule has 1 heterocycles. The molecule has 1 atom stereocenters. The van der Waals surface area contributed by atoms with E-state index in [2.05, 4.69) is 5.10 Å². The van der Waals surface area contributed by atoms with Gasteiger partial charge in [-0.15, -0.1) is 0 Å². The van der Waals surface area contributed by atoms with Gasteiger partial charge in [-0.1, -0.05) is 18.2 Å². The second-order valence-electron chi connectivity index (χ2n) is 5.47. The number of hydrazone groups is 1. The van der Waals surface area contributed by atoms with Gasteiger partial charge in [0.05, 0.1) is 17.0 Å². The van der Waals surface area contributed by atoms with Crippen LogP contribution in [-0.2, 0) is 4.79 Å². The molecular formula is C17H9F5N2O2. The van der Waals surface area contributed by atoms with E-state index in [9.17, 15) is 31.5 Å². The number of hydrogen-bond acceptors (Lipinski definition) is 3. The Morgan fingerprint density at radius 2 is 1.42 bits per heavy atom. The molecule has 0 N–H and O–H groups in total. The van der Waals surface area contributed by atoms with E-state index in [4.69, 9.17) is 0 Å². The molecule has 2 aromatic carbocycles. The van der Waals surface area contributed by atoms with Crippen LogP contribution < -0.4 is 5.01 Å². The number of hydrogen-bond donors (Lipinski definition) is 0. The SMILES string of the molecule is CC1=NN(c2ccccc2)C(=O)C1C(=O)c1c(F)c(F)c(F)c(F)c1F. The number of benzene rings is 2. The molecule has 2 aromatic rings. The summed E-state index contributed by atoms with van der Waals surface area (Å²) in [5.41, 5.74) is -1.51. The molecule has 0 radical (unpaired) electrons. The molecule has 0 aliphatic carbocycles. The van der Waals surface area contributed by atoms with Crippen molar-refractivity contribution >= 4 is 23.1 Å². The fraction of sp³-hybridized carbons (Fsp3) is 0.118. The van der Waals surface area contributed by atoms with E-state index in [1.807, 2.05) is 0 Å². The van der Waals surface area contributed by atoms with Crippen LogP contribution in [0.2, 0.25) is 0 Å². The van der Waals surface area contributed by atoms with Gasteiger partial charge in [0.1, 0.15) is 5.92 Å². The Kier molecular flexibility index (Phi) is 4.31. The maximum atomic E-state index is 13.9. The molecule has 1 amide bonds. The Morgan fingerprint density at radius 3 is 1.96 bits per heavy atom. The van der Waals surface area contributed by atoms with Gasteiger partial charge in [-0.3, -0.25) is 9.59 Å². The smallest absolute Gasteiger partial charge is 0.264 e. The molecule has 26 heavy (non-hydrogen) atoms. The van der Waals surface area contributed by atoms with Crippen molar-refractivity contribution in [3.63, 3.8) is 0 Å². The first kappa shape index (κ1) is 17.7. The quantitative estimate of drug-likeness (QED) is 0.273. The van der Waals surface area contributed by atoms with E-state index < -0.39 is 52.3 Å². The van der Waals surface area contributed by atoms with Crippen LogP contribution in [-0.4, -0.2) is 17.4 Å². The molecule has 0 saturated carbocycles. The van der Waals surface area contributed by atoms with E-state index in [1.54, 1.807) is 18.2 Å². The minimum absolute atomic E-state index is 0.132. The van der Waals surface area contributed by atoms with Crippen LogP contribution in [0.5, 0.6) is 0 Å². The van der Waals surface area contributed by atoms with Gasteiger partial charge in [0.25, 0.3) is 5.91 Å². The standard InChI is InChI=1S/C17H9F5N2O2/c1-7-9(17(26)24(23-7)8-5-3-2-4-6-8)16(25)10-11(18)13(20)15(22)14(21)12(10)19/h2-6,9H,1H3. The molecule has 0 bridgehead atoms. The second-order valence-corrected chi connectivity index (χ2v) is 5.47. The summed E-state index contributed by atoms with van der Waals surface area (Å²) in [5, 5.41) is 4.70. The van der Waals surface area contributed by atoms with Gasteiger partial charge >= 0.3 is 0 Å². The number of rotatable bonds is 3. The lowest BCUT2D eigenvalue weighted by Gasteiger charge is -2.14. The first-order valence-corrected chi connectivity index (χ1v) is 7.25. The van der Waals surface area contributed by atoms with E-state index in [0.29, 0.717) is 0 Å². The number of anilines is 1. The number of para-hydroxylation sites is 1. The van der Waals surface area contributed by atoms with E-state index in [0.717, 1.165) is 5.01 Å². The van der Waals surface area contributed by atoms with Crippen LogP contribution in [0.4, 0.5) is 27.6 Å². The molecule has 4 nitrogen and oxygen atoms in total. The Balaban J connectivity index is 2.05. The number of halogens is 5. The van der Waals surface area contributed by atoms with Crippen molar-refractivity contribution in [1.82, 2.24) is 0 Å². The minimum atomic E-state index is -2.38. The normalized spacial score (nSPS) is 16.8. The Bertz CT molecular complexity index is 930. The van der Waals surface area contributed by atoms with Crippen LogP contribution in [0, 0.1) is 35.0 Å². The highest BCUT2D eigenvalue weighted by Crippen LogP contribution is 2.30. The number of Topliss-reactive ketones (excluding diaryl/α,β-unsaturated/α-hetero) is 1. The summed E-state index contributed by atoms with van der Waals surface area (Å²) in [7, 11) is 0. The zero-order valence-electron chi connectivity index (χ0n) is 13.1. The molecule has 0 spiro atoms. The van der Waals surface area contributed by atoms with Gasteiger partial charge in [-0.25, -0.2) is 22.0 Å². The van der Waals surface area contributed by atoms with E-state index in [-0.39, 0.29) is 11.4 Å². The molecule has 3 rings (SSSR count). The monoisotopic (exact) mass is 368 g/mol. The van der Waals surface area contributed by atoms with Crippen LogP contribution in [0.1, 0.15) is 17.3 Å². The van der Waals surface area contributed by atoms with E-state index >= 15 is 0 Å². The number of amides is 1. The average Bonchev–Trinajstić information content (AvgIpc) is 2.93. The fourth-order valence-electron chi connectivity index (χ4n) is 2.59. The average molecular weight is 368 g/mol. The second kappa shape index (κ2) is 6.32. The number of carbonyl (C=O) groups is 2. The maximum absolute atomic E-state index is 13.9. The van der Waals surface area contributed by atoms with E-state index in [1.165, 1.54) is 19.1 Å². The van der Waals surface area contributed by atoms with Crippen molar-refractivity contribution in [1.29, 1.82) is 0 Å². The van der Waals surface area contributed by atoms with Gasteiger partial charge in [0, 0.05) is 0 Å². The molecule has 0 fully saturated rings. The first-order chi connectivity index (χ1) is 12.3. The van der Waals surface area contributed by atoms with Crippen molar-refractivity contribution in [2.24, 2.45) is 11.0 Å². The van der Waals surface area contributed by atoms with Crippen molar-refractivity contribution in [3.8, 4) is 0 Å². The summed E-state index contributed by atoms with van der Waals surface area (Å²) in [5.74, 6) is -15.8. The minimum Gasteiger partial charge on any atom is -0.293 e. The predicted octanol–water partition coefficient (Wildman–Crippen LogP) is 3.60. The summed E-state index contributed by atoms with van der Waals surface area (Å²) in [6, 6.07) is 7.84. The zero-order chi connectivity index (χ0) is 19.2. The van der Waals surface area contributed by atoms with Crippen molar-refractivity contribution in [2.75, 3.05) is 5.01 Å². The largest absolute Gasteiger partial charge is 0.293 e. The summed E-state index contributed by atoms with van der Waals surface area (Å²) >= 11 is 0. The molecule has 1 aliphatic heterocycles. The lowest BCUT2D eigenvalue weighted by atomic mass is 9.92. The van der Waals surface area contributed by atoms with Crippen LogP contribution in [0.25, 0.3) is 0 Å². The van der Waals surface area contributed by atoms with Gasteiger partial charge in [0.15, 0.2) is 29.1 Å². The Labute approximate surface area is 143 Å². The topological polar surface area (TPSA) is 49.7 Å². The number of nitrogens with zero attached hydrogens (tertiary/aromatic N) is 2. The highest BCUT2D eigenvalue weighted by atomic mass is 19.2. The predicted molar refractivity (Wildman–Crippen MR) is 81.1 cm³/mol. The number of ketones is 1. The summed E-state index contributed by atoms with van der Waals surface area (Å²) < 4.78 is 67.6. The summed E-state index contributed by atoms with van der Waals surface area (Å²) in [4.78, 5) is 24.9. The van der Waals surface area contributed by atoms with Crippen LogP contribution in [0.15, 0.2) is 35.4 Å². The van der Waals surface area contributed by atoms with Crippen molar-refractivity contribution in [3.05, 3.63) is 65.0 Å². The number of carbonyl (C=O) groups excluding carboxylic acids is 2. The summed E-state index contributed by atoms with van der Waals surface area (Å²) in [6.07, 6.45) is 0. The molecule has 1 unspecified atom stereocenters. The maximum Gasteiger partial charge on any atom is 0.264 e. The fourth-order valence-corrected chi connectivity index (χ4v) is 2.59. The molecule has 9 heteroatoms. The highest BCUT2D eigenvalue weighted by Gasteiger charge is 2.43. The molecule has 0 saturated heterocycles. The molecular weight excluding hydrogens is 359 g/mol. The van der Waals surface area contributed by atoms with Crippen molar-refractivity contribution in [2.45, 2.75) is 6.92 Å². The van der Waals surface area contributed by atoms with Crippen LogP contribution in [0.3, 0.4) is 0 Å². The van der Waals surface area contributed by atoms with Gasteiger partial charge < -0.3 is 0 Å². The zero-order valence-corrected chi connectivity index (χ0v) is 13.1. The third-order valence-corrected chi connectivity index (χ3v) is 3.85. The van der Waals surface area contributed by atoms with Gasteiger partial charge in [0.2, 0.25) is 5.82 Å². The van der Waals surface area contributed by atoms with Crippen LogP contribution >= 0.6 is 0 Å². The molecule has 134 valence electrons. The van der Waals surface area contributed by atoms with Gasteiger partial charge in [-0.05, 0) is 19.1 Å². The third-order valence-electron chi connectivity index (χ3n) is 3.85. The third kappa shape index (κ3) is 2.56. The lowest BCUT2D eigenvalue weighted by Crippen LogP contribution is -2.34. The lowest BCUT2D eigenvalue weighted by molar-refractivity contribution is -0.118. The highest BCUT2D eigenvalue weighted by molar-refractivity contribution is 6.30. The molecule has 0 aromatic heterocycles. The summed E-state index contributed by atoms with van der Waals surface area (Å²) in [6.45, 7) is 1.25. The Morgan fingerprint density at radius 1 is 0.923 bits per heavy atom. The Hall–Kier alpha value is -3.10. The molecule has 1 aliphatic rings. The first-order valence-electron chi connectivity index (χ1n) is 7.25. The van der Waals surface area contributed by atoms with Crippen molar-refractivity contribution < 1.29 is 31.5 Å².